The average molecular weight is 752 g/mol. The predicted octanol–water partition coefficient (Wildman–Crippen LogP) is 0.599. The molecule has 0 aliphatic carbocycles. The van der Waals surface area contributed by atoms with Gasteiger partial charge in [0.25, 0.3) is 0 Å². The molecule has 7 N–H and O–H groups in total. The van der Waals surface area contributed by atoms with E-state index >= 15 is 0 Å². The Morgan fingerprint density at radius 2 is 1.22 bits per heavy atom. The molecule has 0 radical (unpaired) electrons. The van der Waals surface area contributed by atoms with Gasteiger partial charge in [0, 0.05) is 43.6 Å². The first-order valence-corrected chi connectivity index (χ1v) is 18.5. The Morgan fingerprint density at radius 1 is 0.655 bits per heavy atom. The zero-order valence-corrected chi connectivity index (χ0v) is 30.2. The first-order valence-electron chi connectivity index (χ1n) is 18.5. The number of carbonyl (C=O) groups is 7. The molecular weight excluding hydrogens is 706 g/mol. The molecule has 3 aromatic rings. The third-order valence-corrected chi connectivity index (χ3v) is 10.3. The number of amides is 6. The molecule has 0 bridgehead atoms. The largest absolute Gasteiger partial charge is 0.508 e. The normalized spacial score (nSPS) is 24.1. The second kappa shape index (κ2) is 17.3. The number of benzene rings is 3. The summed E-state index contributed by atoms with van der Waals surface area (Å²) < 4.78 is 0. The maximum atomic E-state index is 14.3. The van der Waals surface area contributed by atoms with E-state index in [1.54, 1.807) is 42.5 Å². The van der Waals surface area contributed by atoms with Crippen molar-refractivity contribution in [2.24, 2.45) is 0 Å². The smallest absolute Gasteiger partial charge is 0.246 e. The number of rotatable bonds is 7. The van der Waals surface area contributed by atoms with Crippen LogP contribution in [0.1, 0.15) is 53.6 Å². The first kappa shape index (κ1) is 38.5. The summed E-state index contributed by atoms with van der Waals surface area (Å²) in [6, 6.07) is 15.6. The third-order valence-electron chi connectivity index (χ3n) is 10.3. The van der Waals surface area contributed by atoms with Gasteiger partial charge < -0.3 is 41.9 Å². The van der Waals surface area contributed by atoms with E-state index in [-0.39, 0.29) is 55.8 Å². The van der Waals surface area contributed by atoms with Crippen LogP contribution in [-0.2, 0) is 41.6 Å². The van der Waals surface area contributed by atoms with Gasteiger partial charge in [0.05, 0.1) is 6.54 Å². The van der Waals surface area contributed by atoms with Gasteiger partial charge in [0.15, 0.2) is 5.78 Å². The second-order valence-corrected chi connectivity index (χ2v) is 14.1. The summed E-state index contributed by atoms with van der Waals surface area (Å²) >= 11 is 0. The molecule has 15 nitrogen and oxygen atoms in total. The lowest BCUT2D eigenvalue weighted by Crippen LogP contribution is -2.60. The molecule has 55 heavy (non-hydrogen) atoms. The number of para-hydroxylation sites is 1. The van der Waals surface area contributed by atoms with Crippen LogP contribution in [0.5, 0.6) is 5.75 Å². The minimum Gasteiger partial charge on any atom is -0.508 e. The van der Waals surface area contributed by atoms with Gasteiger partial charge in [-0.2, -0.15) is 0 Å². The number of nitrogens with one attached hydrogen (secondary N) is 4. The van der Waals surface area contributed by atoms with Gasteiger partial charge in [-0.15, -0.1) is 0 Å². The zero-order chi connectivity index (χ0) is 39.1. The molecule has 288 valence electrons. The van der Waals surface area contributed by atoms with Gasteiger partial charge in [0.2, 0.25) is 35.4 Å². The molecule has 5 atom stereocenters. The fraction of sp³-hybridized carbons (Fsp3) is 0.375. The summed E-state index contributed by atoms with van der Waals surface area (Å²) in [7, 11) is 0. The number of nitrogens with zero attached hydrogens (tertiary/aromatic N) is 2. The number of anilines is 1. The summed E-state index contributed by atoms with van der Waals surface area (Å²) in [6.07, 6.45) is 1.04. The Hall–Kier alpha value is -6.25. The summed E-state index contributed by atoms with van der Waals surface area (Å²) in [4.78, 5) is 100. The van der Waals surface area contributed by atoms with Crippen molar-refractivity contribution < 1.29 is 38.7 Å². The van der Waals surface area contributed by atoms with Crippen molar-refractivity contribution in [3.05, 3.63) is 95.6 Å². The number of phenolic OH excluding ortho intramolecular Hbond substituents is 1. The second-order valence-electron chi connectivity index (χ2n) is 14.1. The molecule has 0 saturated carbocycles. The Morgan fingerprint density at radius 3 is 1.89 bits per heavy atom. The topological polar surface area (TPSA) is 220 Å². The summed E-state index contributed by atoms with van der Waals surface area (Å²) in [5.41, 5.74) is 7.74. The van der Waals surface area contributed by atoms with Gasteiger partial charge >= 0.3 is 0 Å². The maximum absolute atomic E-state index is 14.3. The van der Waals surface area contributed by atoms with Crippen molar-refractivity contribution in [1.29, 1.82) is 0 Å². The number of Topliss-reactive ketones (excluding diaryl/α,β-unsaturated/α-hetero) is 1. The van der Waals surface area contributed by atoms with E-state index in [4.69, 9.17) is 5.73 Å². The van der Waals surface area contributed by atoms with Crippen LogP contribution in [0.4, 0.5) is 5.69 Å². The zero-order valence-electron chi connectivity index (χ0n) is 30.2. The quantitative estimate of drug-likeness (QED) is 0.147. The highest BCUT2D eigenvalue weighted by Crippen LogP contribution is 2.23. The minimum absolute atomic E-state index is 0.00670. The summed E-state index contributed by atoms with van der Waals surface area (Å²) in [5, 5.41) is 20.7. The van der Waals surface area contributed by atoms with Gasteiger partial charge in [0.1, 0.15) is 36.0 Å². The van der Waals surface area contributed by atoms with Crippen molar-refractivity contribution in [2.75, 3.05) is 25.4 Å². The van der Waals surface area contributed by atoms with Crippen LogP contribution in [0.15, 0.2) is 78.9 Å². The van der Waals surface area contributed by atoms with E-state index in [0.717, 1.165) is 5.56 Å². The molecule has 3 aliphatic heterocycles. The van der Waals surface area contributed by atoms with Crippen LogP contribution < -0.4 is 27.0 Å². The molecule has 3 fully saturated rings. The number of fused-ring (bicyclic) bond motifs is 2. The van der Waals surface area contributed by atoms with E-state index in [9.17, 15) is 38.7 Å². The lowest BCUT2D eigenvalue weighted by molar-refractivity contribution is -0.143. The number of phenols is 1. The Balaban J connectivity index is 1.35. The third kappa shape index (κ3) is 9.28. The Kier molecular flexibility index (Phi) is 12.1. The number of nitrogens with two attached hydrogens (primary N) is 1. The van der Waals surface area contributed by atoms with Crippen molar-refractivity contribution in [1.82, 2.24) is 31.1 Å². The molecule has 3 aromatic carbocycles. The van der Waals surface area contributed by atoms with Crippen LogP contribution in [0.3, 0.4) is 0 Å². The number of carbonyl (C=O) groups excluding carboxylic acids is 7. The fourth-order valence-electron chi connectivity index (χ4n) is 7.45. The number of ketones is 1. The average Bonchev–Trinajstić information content (AvgIpc) is 3.88. The monoisotopic (exact) mass is 751 g/mol. The van der Waals surface area contributed by atoms with Gasteiger partial charge in [-0.3, -0.25) is 33.6 Å². The Labute approximate surface area is 318 Å². The molecule has 3 heterocycles. The molecule has 0 aromatic heterocycles. The van der Waals surface area contributed by atoms with Crippen LogP contribution in [0.2, 0.25) is 0 Å². The minimum atomic E-state index is -1.46. The maximum Gasteiger partial charge on any atom is 0.246 e. The Bertz CT molecular complexity index is 1940. The van der Waals surface area contributed by atoms with Gasteiger partial charge in [-0.05, 0) is 61.1 Å². The number of aromatic hydroxyl groups is 1. The molecule has 6 amide bonds. The molecule has 6 rings (SSSR count). The predicted molar refractivity (Wildman–Crippen MR) is 200 cm³/mol. The lowest BCUT2D eigenvalue weighted by atomic mass is 9.99. The molecule has 0 unspecified atom stereocenters. The first-order chi connectivity index (χ1) is 26.5. The highest BCUT2D eigenvalue weighted by Gasteiger charge is 2.42. The number of nitrogen functional groups attached to an aromatic ring is 1. The molecule has 0 spiro atoms. The number of hydrogen-bond acceptors (Lipinski definition) is 9. The molecular formula is C40H45N7O8. The van der Waals surface area contributed by atoms with Crippen molar-refractivity contribution in [3.63, 3.8) is 0 Å². The highest BCUT2D eigenvalue weighted by atomic mass is 16.3. The SMILES string of the molecule is Nc1ccccc1C(=O)C[C@@H]1NC(=O)[C@H](Cc2ccc(O)cc2)NC(=O)[C@@H]2CCCN2C(=O)[C@H](Cc2ccccc2)NC(=O)CNC(=O)[C@@H]2CCCN2C1=O. The standard InChI is InChI=1S/C40H45N7O8/c41-28-11-5-4-10-27(28)34(49)22-31-40(55)46-18-6-12-32(46)37(52)42-23-35(50)43-30(21-24-8-2-1-3-9-24)39(54)47-19-7-13-33(47)38(53)44-29(36(51)45-31)20-25-14-16-26(48)17-15-25/h1-5,8-11,14-17,29-33,48H,6-7,12-13,18-23,41H2,(H,42,52)(H,43,50)(H,44,53)(H,45,51)/t29-,30-,31-,32-,33-/m0/s1. The van der Waals surface area contributed by atoms with Crippen LogP contribution in [-0.4, -0.2) is 106 Å². The van der Waals surface area contributed by atoms with Crippen LogP contribution >= 0.6 is 0 Å². The fourth-order valence-corrected chi connectivity index (χ4v) is 7.45. The molecule has 3 saturated heterocycles. The molecule has 3 aliphatic rings. The van der Waals surface area contributed by atoms with E-state index in [1.165, 1.54) is 28.0 Å². The van der Waals surface area contributed by atoms with Gasteiger partial charge in [-0.1, -0.05) is 54.6 Å². The molecule has 15 heteroatoms. The van der Waals surface area contributed by atoms with E-state index in [1.807, 2.05) is 18.2 Å². The summed E-state index contributed by atoms with van der Waals surface area (Å²) in [6.45, 7) is -0.108. The van der Waals surface area contributed by atoms with Crippen molar-refractivity contribution in [2.45, 2.75) is 75.2 Å². The van der Waals surface area contributed by atoms with E-state index < -0.39 is 84.4 Å². The highest BCUT2D eigenvalue weighted by molar-refractivity contribution is 6.05. The summed E-state index contributed by atoms with van der Waals surface area (Å²) in [5.74, 6) is -4.34. The van der Waals surface area contributed by atoms with Gasteiger partial charge in [-0.25, -0.2) is 0 Å². The van der Waals surface area contributed by atoms with Crippen LogP contribution in [0.25, 0.3) is 0 Å². The number of hydrogen-bond donors (Lipinski definition) is 6. The van der Waals surface area contributed by atoms with Crippen molar-refractivity contribution in [3.8, 4) is 5.75 Å². The van der Waals surface area contributed by atoms with Crippen molar-refractivity contribution >= 4 is 46.9 Å². The lowest BCUT2D eigenvalue weighted by Gasteiger charge is -2.32. The van der Waals surface area contributed by atoms with E-state index in [0.29, 0.717) is 18.4 Å². The van der Waals surface area contributed by atoms with Crippen LogP contribution in [0, 0.1) is 0 Å². The van der Waals surface area contributed by atoms with E-state index in [2.05, 4.69) is 21.3 Å².